The molecule has 0 radical (unpaired) electrons. The van der Waals surface area contributed by atoms with Crippen LogP contribution in [-0.2, 0) is 11.3 Å². The summed E-state index contributed by atoms with van der Waals surface area (Å²) in [7, 11) is 1.62. The van der Waals surface area contributed by atoms with Crippen LogP contribution in [0.3, 0.4) is 0 Å². The first-order valence-corrected chi connectivity index (χ1v) is 10.0. The molecule has 0 fully saturated rings. The van der Waals surface area contributed by atoms with Gasteiger partial charge >= 0.3 is 0 Å². The number of hydrogen-bond acceptors (Lipinski definition) is 5. The van der Waals surface area contributed by atoms with Crippen LogP contribution in [0.5, 0.6) is 11.5 Å². The van der Waals surface area contributed by atoms with Crippen molar-refractivity contribution in [3.8, 4) is 22.8 Å². The first-order chi connectivity index (χ1) is 15.1. The largest absolute Gasteiger partial charge is 0.497 e. The summed E-state index contributed by atoms with van der Waals surface area (Å²) in [6.07, 6.45) is 1.13. The molecular formula is C25H23N3O3. The monoisotopic (exact) mass is 413 g/mol. The number of nitrogens with one attached hydrogen (secondary N) is 1. The van der Waals surface area contributed by atoms with Gasteiger partial charge in [-0.1, -0.05) is 24.3 Å². The van der Waals surface area contributed by atoms with Gasteiger partial charge in [0.1, 0.15) is 11.5 Å². The molecule has 156 valence electrons. The van der Waals surface area contributed by atoms with E-state index in [1.807, 2.05) is 72.8 Å². The quantitative estimate of drug-likeness (QED) is 0.486. The van der Waals surface area contributed by atoms with Crippen molar-refractivity contribution in [3.63, 3.8) is 0 Å². The van der Waals surface area contributed by atoms with Gasteiger partial charge in [0.2, 0.25) is 0 Å². The molecule has 0 bridgehead atoms. The summed E-state index contributed by atoms with van der Waals surface area (Å²) in [5, 5.41) is 2.89. The van der Waals surface area contributed by atoms with Crippen molar-refractivity contribution in [1.29, 1.82) is 0 Å². The summed E-state index contributed by atoms with van der Waals surface area (Å²) in [5.74, 6) is 1.18. The molecule has 1 unspecified atom stereocenters. The second-order valence-electron chi connectivity index (χ2n) is 7.10. The molecule has 1 aromatic heterocycles. The number of carbonyl (C=O) groups is 1. The van der Waals surface area contributed by atoms with E-state index >= 15 is 0 Å². The van der Waals surface area contributed by atoms with Gasteiger partial charge < -0.3 is 14.8 Å². The minimum atomic E-state index is -0.628. The van der Waals surface area contributed by atoms with Crippen molar-refractivity contribution < 1.29 is 14.3 Å². The lowest BCUT2D eigenvalue weighted by molar-refractivity contribution is -0.127. The summed E-state index contributed by atoms with van der Waals surface area (Å²) in [5.41, 5.74) is 4.39. The molecule has 1 amide bonds. The fraction of sp³-hybridized carbons (Fsp3) is 0.160. The Morgan fingerprint density at radius 1 is 0.968 bits per heavy atom. The fourth-order valence-electron chi connectivity index (χ4n) is 3.17. The van der Waals surface area contributed by atoms with E-state index in [4.69, 9.17) is 9.47 Å². The molecule has 31 heavy (non-hydrogen) atoms. The number of nitrogens with zero attached hydrogens (tertiary/aromatic N) is 2. The molecule has 1 atom stereocenters. The normalized spacial score (nSPS) is 11.7. The fourth-order valence-corrected chi connectivity index (χ4v) is 3.17. The van der Waals surface area contributed by atoms with Crippen LogP contribution in [0.4, 0.5) is 0 Å². The smallest absolute Gasteiger partial charge is 0.261 e. The summed E-state index contributed by atoms with van der Waals surface area (Å²) >= 11 is 0. The van der Waals surface area contributed by atoms with E-state index in [2.05, 4.69) is 15.3 Å². The Labute approximate surface area is 180 Å². The third kappa shape index (κ3) is 4.98. The molecule has 0 saturated carbocycles. The zero-order chi connectivity index (χ0) is 21.6. The number of amides is 1. The maximum Gasteiger partial charge on any atom is 0.261 e. The molecule has 3 aromatic carbocycles. The van der Waals surface area contributed by atoms with E-state index in [1.165, 1.54) is 0 Å². The Hall–Kier alpha value is -3.93. The van der Waals surface area contributed by atoms with Crippen molar-refractivity contribution in [2.24, 2.45) is 0 Å². The maximum atomic E-state index is 12.4. The van der Waals surface area contributed by atoms with Crippen LogP contribution >= 0.6 is 0 Å². The summed E-state index contributed by atoms with van der Waals surface area (Å²) in [6.45, 7) is 2.13. The van der Waals surface area contributed by atoms with Gasteiger partial charge in [0.25, 0.3) is 5.91 Å². The van der Waals surface area contributed by atoms with Crippen molar-refractivity contribution in [3.05, 3.63) is 84.6 Å². The lowest BCUT2D eigenvalue weighted by Gasteiger charge is -2.15. The van der Waals surface area contributed by atoms with E-state index in [0.29, 0.717) is 12.3 Å². The highest BCUT2D eigenvalue weighted by Gasteiger charge is 2.14. The predicted octanol–water partition coefficient (Wildman–Crippen LogP) is 4.39. The third-order valence-corrected chi connectivity index (χ3v) is 4.88. The van der Waals surface area contributed by atoms with Gasteiger partial charge in [0.15, 0.2) is 6.10 Å². The minimum Gasteiger partial charge on any atom is -0.497 e. The molecule has 1 heterocycles. The zero-order valence-electron chi connectivity index (χ0n) is 17.4. The van der Waals surface area contributed by atoms with Gasteiger partial charge in [0, 0.05) is 12.1 Å². The Morgan fingerprint density at radius 2 is 1.74 bits per heavy atom. The van der Waals surface area contributed by atoms with Crippen molar-refractivity contribution in [2.45, 2.75) is 19.6 Å². The lowest BCUT2D eigenvalue weighted by Crippen LogP contribution is -2.35. The first kappa shape index (κ1) is 20.3. The number of rotatable bonds is 7. The minimum absolute atomic E-state index is 0.188. The molecule has 0 saturated heterocycles. The number of benzene rings is 3. The molecule has 0 aliphatic heterocycles. The van der Waals surface area contributed by atoms with Gasteiger partial charge in [-0.3, -0.25) is 9.78 Å². The molecule has 6 nitrogen and oxygen atoms in total. The van der Waals surface area contributed by atoms with Crippen molar-refractivity contribution in [1.82, 2.24) is 15.3 Å². The van der Waals surface area contributed by atoms with Crippen LogP contribution < -0.4 is 14.8 Å². The highest BCUT2D eigenvalue weighted by molar-refractivity contribution is 5.80. The number of para-hydroxylation sites is 2. The summed E-state index contributed by atoms with van der Waals surface area (Å²) in [6, 6.07) is 22.8. The second kappa shape index (κ2) is 9.26. The predicted molar refractivity (Wildman–Crippen MR) is 120 cm³/mol. The van der Waals surface area contributed by atoms with Gasteiger partial charge in [0.05, 0.1) is 30.0 Å². The number of carbonyl (C=O) groups excluding carboxylic acids is 1. The SMILES string of the molecule is COc1cccc(CNC(=O)C(C)Oc2ccc(-c3cnc4ccccc4n3)cc2)c1. The highest BCUT2D eigenvalue weighted by Crippen LogP contribution is 2.22. The van der Waals surface area contributed by atoms with Gasteiger partial charge in [-0.25, -0.2) is 4.98 Å². The van der Waals surface area contributed by atoms with E-state index < -0.39 is 6.10 Å². The van der Waals surface area contributed by atoms with Crippen LogP contribution in [0.15, 0.2) is 79.0 Å². The van der Waals surface area contributed by atoms with Crippen LogP contribution in [0.1, 0.15) is 12.5 Å². The first-order valence-electron chi connectivity index (χ1n) is 10.0. The lowest BCUT2D eigenvalue weighted by atomic mass is 10.1. The van der Waals surface area contributed by atoms with Gasteiger partial charge in [-0.2, -0.15) is 0 Å². The maximum absolute atomic E-state index is 12.4. The Morgan fingerprint density at radius 3 is 2.52 bits per heavy atom. The van der Waals surface area contributed by atoms with E-state index in [-0.39, 0.29) is 5.91 Å². The second-order valence-corrected chi connectivity index (χ2v) is 7.10. The summed E-state index contributed by atoms with van der Waals surface area (Å²) in [4.78, 5) is 21.5. The Kier molecular flexibility index (Phi) is 6.08. The number of methoxy groups -OCH3 is 1. The van der Waals surface area contributed by atoms with Crippen LogP contribution in [0.25, 0.3) is 22.3 Å². The van der Waals surface area contributed by atoms with Crippen molar-refractivity contribution >= 4 is 16.9 Å². The van der Waals surface area contributed by atoms with Crippen LogP contribution in [0, 0.1) is 0 Å². The molecule has 0 spiro atoms. The number of fused-ring (bicyclic) bond motifs is 1. The topological polar surface area (TPSA) is 73.3 Å². The zero-order valence-corrected chi connectivity index (χ0v) is 17.4. The molecule has 0 aliphatic rings. The molecule has 4 rings (SSSR count). The molecule has 0 aliphatic carbocycles. The number of aromatic nitrogens is 2. The standard InChI is InChI=1S/C25H23N3O3/c1-17(25(29)27-15-18-6-5-7-21(14-18)30-2)31-20-12-10-19(11-13-20)24-16-26-22-8-3-4-9-23(22)28-24/h3-14,16-17H,15H2,1-2H3,(H,27,29). The highest BCUT2D eigenvalue weighted by atomic mass is 16.5. The average molecular weight is 413 g/mol. The van der Waals surface area contributed by atoms with Crippen LogP contribution in [0.2, 0.25) is 0 Å². The molecule has 6 heteroatoms. The van der Waals surface area contributed by atoms with Crippen molar-refractivity contribution in [2.75, 3.05) is 7.11 Å². The number of hydrogen-bond donors (Lipinski definition) is 1. The Balaban J connectivity index is 1.36. The number of ether oxygens (including phenoxy) is 2. The molecular weight excluding hydrogens is 390 g/mol. The average Bonchev–Trinajstić information content (AvgIpc) is 2.82. The van der Waals surface area contributed by atoms with E-state index in [0.717, 1.165) is 33.6 Å². The van der Waals surface area contributed by atoms with E-state index in [9.17, 15) is 4.79 Å². The van der Waals surface area contributed by atoms with Crippen LogP contribution in [-0.4, -0.2) is 29.1 Å². The third-order valence-electron chi connectivity index (χ3n) is 4.88. The molecule has 4 aromatic rings. The Bertz CT molecular complexity index is 1190. The van der Waals surface area contributed by atoms with E-state index in [1.54, 1.807) is 20.2 Å². The van der Waals surface area contributed by atoms with Gasteiger partial charge in [-0.15, -0.1) is 0 Å². The summed E-state index contributed by atoms with van der Waals surface area (Å²) < 4.78 is 11.0. The molecule has 1 N–H and O–H groups in total. The van der Waals surface area contributed by atoms with Gasteiger partial charge in [-0.05, 0) is 61.0 Å².